The van der Waals surface area contributed by atoms with Gasteiger partial charge in [0.05, 0.1) is 12.7 Å². The SMILES string of the molecule is COc1c(CN(C)C)cc(C(F)(F)F)cc1C(C)C. The standard InChI is InChI=1S/C14H20F3NO/c1-9(2)12-7-11(14(15,16)17)6-10(8-18(3)4)13(12)19-5/h6-7,9H,8H2,1-5H3. The van der Waals surface area contributed by atoms with Crippen molar-refractivity contribution in [1.29, 1.82) is 0 Å². The third-order valence-electron chi connectivity index (χ3n) is 2.83. The minimum Gasteiger partial charge on any atom is -0.496 e. The number of hydrogen-bond acceptors (Lipinski definition) is 2. The van der Waals surface area contributed by atoms with Crippen molar-refractivity contribution in [1.82, 2.24) is 4.90 Å². The molecule has 0 atom stereocenters. The average Bonchev–Trinajstić information content (AvgIpc) is 2.25. The monoisotopic (exact) mass is 275 g/mol. The van der Waals surface area contributed by atoms with Crippen LogP contribution in [0.15, 0.2) is 12.1 Å². The molecule has 0 heterocycles. The van der Waals surface area contributed by atoms with E-state index >= 15 is 0 Å². The predicted molar refractivity (Wildman–Crippen MR) is 69.5 cm³/mol. The van der Waals surface area contributed by atoms with Gasteiger partial charge in [0.15, 0.2) is 0 Å². The van der Waals surface area contributed by atoms with Gasteiger partial charge in [0, 0.05) is 12.1 Å². The van der Waals surface area contributed by atoms with Crippen LogP contribution in [-0.2, 0) is 12.7 Å². The second-order valence-electron chi connectivity index (χ2n) is 5.15. The molecule has 0 bridgehead atoms. The van der Waals surface area contributed by atoms with Crippen molar-refractivity contribution >= 4 is 0 Å². The van der Waals surface area contributed by atoms with Crippen molar-refractivity contribution in [3.63, 3.8) is 0 Å². The van der Waals surface area contributed by atoms with Crippen LogP contribution in [-0.4, -0.2) is 26.1 Å². The van der Waals surface area contributed by atoms with E-state index in [0.29, 0.717) is 23.4 Å². The van der Waals surface area contributed by atoms with Crippen LogP contribution >= 0.6 is 0 Å². The first-order valence-electron chi connectivity index (χ1n) is 6.09. The Morgan fingerprint density at radius 3 is 2.16 bits per heavy atom. The molecule has 0 aromatic heterocycles. The molecular weight excluding hydrogens is 255 g/mol. The van der Waals surface area contributed by atoms with Gasteiger partial charge in [-0.05, 0) is 37.7 Å². The van der Waals surface area contributed by atoms with Crippen LogP contribution in [0.3, 0.4) is 0 Å². The number of ether oxygens (including phenoxy) is 1. The van der Waals surface area contributed by atoms with E-state index in [1.165, 1.54) is 19.2 Å². The van der Waals surface area contributed by atoms with Crippen LogP contribution in [0, 0.1) is 0 Å². The normalized spacial score (nSPS) is 12.3. The van der Waals surface area contributed by atoms with Crippen LogP contribution in [0.25, 0.3) is 0 Å². The average molecular weight is 275 g/mol. The molecule has 0 aliphatic rings. The second kappa shape index (κ2) is 5.82. The molecular formula is C14H20F3NO. The zero-order valence-electron chi connectivity index (χ0n) is 11.9. The molecule has 0 saturated heterocycles. The number of halogens is 3. The maximum absolute atomic E-state index is 12.9. The first-order valence-corrected chi connectivity index (χ1v) is 6.09. The number of nitrogens with zero attached hydrogens (tertiary/aromatic N) is 1. The fraction of sp³-hybridized carbons (Fsp3) is 0.571. The molecule has 1 aromatic carbocycles. The number of rotatable bonds is 4. The zero-order chi connectivity index (χ0) is 14.8. The maximum Gasteiger partial charge on any atom is 0.416 e. The van der Waals surface area contributed by atoms with Gasteiger partial charge in [0.2, 0.25) is 0 Å². The number of methoxy groups -OCH3 is 1. The molecule has 2 nitrogen and oxygen atoms in total. The van der Waals surface area contributed by atoms with Crippen LogP contribution in [0.2, 0.25) is 0 Å². The van der Waals surface area contributed by atoms with Crippen LogP contribution < -0.4 is 4.74 Å². The third-order valence-corrected chi connectivity index (χ3v) is 2.83. The second-order valence-corrected chi connectivity index (χ2v) is 5.15. The van der Waals surface area contributed by atoms with Crippen molar-refractivity contribution in [2.75, 3.05) is 21.2 Å². The molecule has 0 unspecified atom stereocenters. The molecule has 5 heteroatoms. The summed E-state index contributed by atoms with van der Waals surface area (Å²) < 4.78 is 44.1. The highest BCUT2D eigenvalue weighted by Gasteiger charge is 2.32. The molecule has 0 saturated carbocycles. The largest absolute Gasteiger partial charge is 0.496 e. The lowest BCUT2D eigenvalue weighted by atomic mass is 9.95. The van der Waals surface area contributed by atoms with Crippen LogP contribution in [0.4, 0.5) is 13.2 Å². The van der Waals surface area contributed by atoms with Gasteiger partial charge in [-0.15, -0.1) is 0 Å². The van der Waals surface area contributed by atoms with Gasteiger partial charge < -0.3 is 9.64 Å². The molecule has 1 rings (SSSR count). The van der Waals surface area contributed by atoms with E-state index in [2.05, 4.69) is 0 Å². The Morgan fingerprint density at radius 2 is 1.79 bits per heavy atom. The fourth-order valence-corrected chi connectivity index (χ4v) is 2.01. The summed E-state index contributed by atoms with van der Waals surface area (Å²) in [6.07, 6.45) is -4.34. The van der Waals surface area contributed by atoms with E-state index < -0.39 is 11.7 Å². The highest BCUT2D eigenvalue weighted by Crippen LogP contribution is 2.38. The van der Waals surface area contributed by atoms with Gasteiger partial charge in [-0.25, -0.2) is 0 Å². The third kappa shape index (κ3) is 3.86. The van der Waals surface area contributed by atoms with Gasteiger partial charge in [0.1, 0.15) is 5.75 Å². The molecule has 0 N–H and O–H groups in total. The summed E-state index contributed by atoms with van der Waals surface area (Å²) in [4.78, 5) is 1.82. The highest BCUT2D eigenvalue weighted by atomic mass is 19.4. The fourth-order valence-electron chi connectivity index (χ4n) is 2.01. The Kier molecular flexibility index (Phi) is 4.85. The van der Waals surface area contributed by atoms with Crippen molar-refractivity contribution in [3.8, 4) is 5.75 Å². The van der Waals surface area contributed by atoms with Crippen molar-refractivity contribution in [2.45, 2.75) is 32.5 Å². The minimum absolute atomic E-state index is 0.0295. The zero-order valence-corrected chi connectivity index (χ0v) is 11.9. The molecule has 0 fully saturated rings. The first kappa shape index (κ1) is 15.8. The molecule has 19 heavy (non-hydrogen) atoms. The van der Waals surface area contributed by atoms with E-state index in [1.54, 1.807) is 0 Å². The smallest absolute Gasteiger partial charge is 0.416 e. The summed E-state index contributed by atoms with van der Waals surface area (Å²) in [6, 6.07) is 2.35. The lowest BCUT2D eigenvalue weighted by Crippen LogP contribution is -2.15. The minimum atomic E-state index is -4.34. The summed E-state index contributed by atoms with van der Waals surface area (Å²) in [5, 5.41) is 0. The van der Waals surface area contributed by atoms with E-state index in [1.807, 2.05) is 32.8 Å². The summed E-state index contributed by atoms with van der Waals surface area (Å²) in [5.41, 5.74) is 0.536. The van der Waals surface area contributed by atoms with E-state index in [4.69, 9.17) is 4.74 Å². The molecule has 108 valence electrons. The Balaban J connectivity index is 3.45. The van der Waals surface area contributed by atoms with Gasteiger partial charge in [-0.2, -0.15) is 13.2 Å². The number of benzene rings is 1. The molecule has 0 spiro atoms. The lowest BCUT2D eigenvalue weighted by molar-refractivity contribution is -0.137. The Hall–Kier alpha value is -1.23. The first-order chi connectivity index (χ1) is 8.66. The summed E-state index contributed by atoms with van der Waals surface area (Å²) in [5.74, 6) is 0.523. The van der Waals surface area contributed by atoms with Crippen molar-refractivity contribution < 1.29 is 17.9 Å². The highest BCUT2D eigenvalue weighted by molar-refractivity contribution is 5.47. The molecule has 0 aliphatic carbocycles. The maximum atomic E-state index is 12.9. The summed E-state index contributed by atoms with van der Waals surface area (Å²) >= 11 is 0. The topological polar surface area (TPSA) is 12.5 Å². The predicted octanol–water partition coefficient (Wildman–Crippen LogP) is 3.90. The molecule has 0 aliphatic heterocycles. The van der Waals surface area contributed by atoms with Crippen molar-refractivity contribution in [3.05, 3.63) is 28.8 Å². The van der Waals surface area contributed by atoms with Gasteiger partial charge in [0.25, 0.3) is 0 Å². The number of hydrogen-bond donors (Lipinski definition) is 0. The van der Waals surface area contributed by atoms with Crippen molar-refractivity contribution in [2.24, 2.45) is 0 Å². The molecule has 0 amide bonds. The lowest BCUT2D eigenvalue weighted by Gasteiger charge is -2.21. The summed E-state index contributed by atoms with van der Waals surface area (Å²) in [7, 11) is 5.12. The van der Waals surface area contributed by atoms with E-state index in [9.17, 15) is 13.2 Å². The van der Waals surface area contributed by atoms with Gasteiger partial charge >= 0.3 is 6.18 Å². The van der Waals surface area contributed by atoms with Gasteiger partial charge in [-0.3, -0.25) is 0 Å². The quantitative estimate of drug-likeness (QED) is 0.826. The Labute approximate surface area is 112 Å². The van der Waals surface area contributed by atoms with Crippen LogP contribution in [0.5, 0.6) is 5.75 Å². The molecule has 0 radical (unpaired) electrons. The molecule has 1 aromatic rings. The van der Waals surface area contributed by atoms with E-state index in [-0.39, 0.29) is 5.92 Å². The van der Waals surface area contributed by atoms with Crippen LogP contribution in [0.1, 0.15) is 36.5 Å². The Bertz CT molecular complexity index is 439. The summed E-state index contributed by atoms with van der Waals surface area (Å²) in [6.45, 7) is 4.13. The van der Waals surface area contributed by atoms with Gasteiger partial charge in [-0.1, -0.05) is 13.8 Å². The van der Waals surface area contributed by atoms with E-state index in [0.717, 1.165) is 0 Å². The Morgan fingerprint density at radius 1 is 1.21 bits per heavy atom. The number of alkyl halides is 3.